The van der Waals surface area contributed by atoms with Crippen molar-refractivity contribution in [2.24, 2.45) is 0 Å². The van der Waals surface area contributed by atoms with Gasteiger partial charge in [0.25, 0.3) is 5.56 Å². The van der Waals surface area contributed by atoms with Crippen LogP contribution in [-0.4, -0.2) is 15.6 Å². The van der Waals surface area contributed by atoms with Gasteiger partial charge in [-0.2, -0.15) is 0 Å². The molecule has 2 rings (SSSR count). The second-order valence-electron chi connectivity index (χ2n) is 3.98. The van der Waals surface area contributed by atoms with Crippen molar-refractivity contribution in [1.29, 1.82) is 0 Å². The number of hydrogen-bond acceptors (Lipinski definition) is 2. The highest BCUT2D eigenvalue weighted by Crippen LogP contribution is 2.17. The second kappa shape index (κ2) is 4.64. The van der Waals surface area contributed by atoms with Crippen LogP contribution < -0.4 is 5.56 Å². The Morgan fingerprint density at radius 1 is 1.21 bits per heavy atom. The number of aryl methyl sites for hydroxylation is 1. The molecule has 0 aliphatic rings. The molecule has 0 spiro atoms. The lowest BCUT2D eigenvalue weighted by Crippen LogP contribution is -2.19. The van der Waals surface area contributed by atoms with Crippen LogP contribution in [0.15, 0.2) is 35.3 Å². The molecular weight excluding hydrogens is 256 g/mol. The fourth-order valence-corrected chi connectivity index (χ4v) is 1.62. The largest absolute Gasteiger partial charge is 0.478 e. The minimum Gasteiger partial charge on any atom is -0.478 e. The van der Waals surface area contributed by atoms with Gasteiger partial charge in [-0.3, -0.25) is 9.36 Å². The number of benzene rings is 1. The fourth-order valence-electron chi connectivity index (χ4n) is 1.62. The van der Waals surface area contributed by atoms with Crippen molar-refractivity contribution in [3.8, 4) is 5.69 Å². The maximum Gasteiger partial charge on any atom is 0.337 e. The molecule has 6 heteroatoms. The number of carbonyl (C=O) groups is 1. The van der Waals surface area contributed by atoms with Gasteiger partial charge in [-0.05, 0) is 24.6 Å². The number of hydrogen-bond donors (Lipinski definition) is 1. The average Bonchev–Trinajstić information content (AvgIpc) is 2.34. The Bertz CT molecular complexity index is 722. The number of rotatable bonds is 2. The zero-order valence-corrected chi connectivity index (χ0v) is 9.85. The third-order valence-corrected chi connectivity index (χ3v) is 2.65. The first kappa shape index (κ1) is 12.9. The monoisotopic (exact) mass is 265 g/mol. The Labute approximate surface area is 106 Å². The third-order valence-electron chi connectivity index (χ3n) is 2.65. The van der Waals surface area contributed by atoms with E-state index in [1.165, 1.54) is 6.92 Å². The highest BCUT2D eigenvalue weighted by molar-refractivity contribution is 5.87. The van der Waals surface area contributed by atoms with Gasteiger partial charge in [-0.1, -0.05) is 0 Å². The lowest BCUT2D eigenvalue weighted by Gasteiger charge is -2.09. The zero-order valence-electron chi connectivity index (χ0n) is 9.85. The molecule has 2 aromatic rings. The van der Waals surface area contributed by atoms with Crippen molar-refractivity contribution < 1.29 is 18.7 Å². The molecule has 1 aromatic carbocycles. The molecule has 0 aliphatic carbocycles. The number of carboxylic acids is 1. The fraction of sp³-hybridized carbons (Fsp3) is 0.0769. The van der Waals surface area contributed by atoms with E-state index in [0.29, 0.717) is 0 Å². The predicted molar refractivity (Wildman–Crippen MR) is 63.7 cm³/mol. The van der Waals surface area contributed by atoms with Gasteiger partial charge in [0, 0.05) is 18.3 Å². The minimum atomic E-state index is -1.26. The molecule has 0 unspecified atom stereocenters. The Hall–Kier alpha value is -2.50. The van der Waals surface area contributed by atoms with E-state index in [9.17, 15) is 18.4 Å². The molecule has 0 saturated carbocycles. The van der Waals surface area contributed by atoms with Crippen molar-refractivity contribution in [3.63, 3.8) is 0 Å². The minimum absolute atomic E-state index is 0.101. The van der Waals surface area contributed by atoms with E-state index in [1.807, 2.05) is 0 Å². The van der Waals surface area contributed by atoms with Gasteiger partial charge in [-0.25, -0.2) is 13.6 Å². The summed E-state index contributed by atoms with van der Waals surface area (Å²) in [5, 5.41) is 8.83. The molecule has 98 valence electrons. The van der Waals surface area contributed by atoms with E-state index >= 15 is 0 Å². The number of aromatic nitrogens is 1. The molecular formula is C13H9F2NO3. The molecule has 0 saturated heterocycles. The highest BCUT2D eigenvalue weighted by atomic mass is 19.1. The summed E-state index contributed by atoms with van der Waals surface area (Å²) >= 11 is 0. The van der Waals surface area contributed by atoms with Crippen LogP contribution in [-0.2, 0) is 0 Å². The van der Waals surface area contributed by atoms with E-state index in [2.05, 4.69) is 0 Å². The molecule has 0 bridgehead atoms. The van der Waals surface area contributed by atoms with Crippen LogP contribution in [0.3, 0.4) is 0 Å². The summed E-state index contributed by atoms with van der Waals surface area (Å²) in [5.74, 6) is -2.74. The highest BCUT2D eigenvalue weighted by Gasteiger charge is 2.12. The third kappa shape index (κ3) is 2.37. The average molecular weight is 265 g/mol. The van der Waals surface area contributed by atoms with E-state index in [0.717, 1.165) is 35.0 Å². The zero-order chi connectivity index (χ0) is 14.2. The quantitative estimate of drug-likeness (QED) is 0.904. The van der Waals surface area contributed by atoms with Crippen LogP contribution in [0.5, 0.6) is 0 Å². The summed E-state index contributed by atoms with van der Waals surface area (Å²) in [6.45, 7) is 1.39. The maximum atomic E-state index is 13.8. The van der Waals surface area contributed by atoms with Gasteiger partial charge in [0.2, 0.25) is 0 Å². The molecule has 19 heavy (non-hydrogen) atoms. The van der Waals surface area contributed by atoms with Crippen molar-refractivity contribution in [2.75, 3.05) is 0 Å². The second-order valence-corrected chi connectivity index (χ2v) is 3.98. The number of halogens is 2. The number of aromatic carboxylic acids is 1. The smallest absolute Gasteiger partial charge is 0.337 e. The first-order valence-corrected chi connectivity index (χ1v) is 5.32. The Morgan fingerprint density at radius 2 is 1.89 bits per heavy atom. The summed E-state index contributed by atoms with van der Waals surface area (Å²) in [4.78, 5) is 22.4. The van der Waals surface area contributed by atoms with Crippen LogP contribution in [0.25, 0.3) is 5.69 Å². The number of pyridine rings is 1. The van der Waals surface area contributed by atoms with Crippen LogP contribution in [0, 0.1) is 18.6 Å². The van der Waals surface area contributed by atoms with Crippen molar-refractivity contribution >= 4 is 5.97 Å². The normalized spacial score (nSPS) is 10.5. The molecule has 1 aromatic heterocycles. The van der Waals surface area contributed by atoms with Crippen molar-refractivity contribution in [1.82, 2.24) is 4.57 Å². The van der Waals surface area contributed by atoms with E-state index in [4.69, 9.17) is 5.11 Å². The van der Waals surface area contributed by atoms with Crippen LogP contribution in [0.1, 0.15) is 15.9 Å². The molecule has 1 N–H and O–H groups in total. The van der Waals surface area contributed by atoms with E-state index < -0.39 is 23.2 Å². The molecule has 0 fully saturated rings. The van der Waals surface area contributed by atoms with Crippen LogP contribution in [0.4, 0.5) is 8.78 Å². The molecule has 0 atom stereocenters. The predicted octanol–water partition coefficient (Wildman–Crippen LogP) is 2.12. The summed E-state index contributed by atoms with van der Waals surface area (Å²) in [5.41, 5.74) is -1.06. The topological polar surface area (TPSA) is 59.3 Å². The lowest BCUT2D eigenvalue weighted by molar-refractivity contribution is 0.0696. The van der Waals surface area contributed by atoms with Gasteiger partial charge in [0.15, 0.2) is 0 Å². The van der Waals surface area contributed by atoms with Gasteiger partial charge >= 0.3 is 5.97 Å². The molecule has 0 amide bonds. The van der Waals surface area contributed by atoms with Gasteiger partial charge in [-0.15, -0.1) is 0 Å². The summed E-state index contributed by atoms with van der Waals surface area (Å²) in [7, 11) is 0. The summed E-state index contributed by atoms with van der Waals surface area (Å²) in [6.07, 6.45) is 0.956. The molecule has 0 radical (unpaired) electrons. The van der Waals surface area contributed by atoms with E-state index in [-0.39, 0.29) is 16.8 Å². The number of carboxylic acid groups (broad SMARTS) is 1. The van der Waals surface area contributed by atoms with Crippen LogP contribution >= 0.6 is 0 Å². The first-order chi connectivity index (χ1) is 8.90. The molecule has 1 heterocycles. The Morgan fingerprint density at radius 3 is 2.53 bits per heavy atom. The maximum absolute atomic E-state index is 13.8. The SMILES string of the molecule is Cc1cc(F)c(-n2cc(C(=O)O)ccc2=O)cc1F. The molecule has 0 aliphatic heterocycles. The standard InChI is InChI=1S/C13H9F2NO3/c1-7-4-10(15)11(5-9(7)14)16-6-8(13(18)19)2-3-12(16)17/h2-6H,1H3,(H,18,19). The lowest BCUT2D eigenvalue weighted by atomic mass is 10.2. The van der Waals surface area contributed by atoms with Crippen LogP contribution in [0.2, 0.25) is 0 Å². The van der Waals surface area contributed by atoms with Gasteiger partial charge in [0.05, 0.1) is 11.3 Å². The first-order valence-electron chi connectivity index (χ1n) is 5.32. The summed E-state index contributed by atoms with van der Waals surface area (Å²) in [6, 6.07) is 3.90. The summed E-state index contributed by atoms with van der Waals surface area (Å²) < 4.78 is 28.0. The van der Waals surface area contributed by atoms with E-state index in [1.54, 1.807) is 0 Å². The Kier molecular flexibility index (Phi) is 3.16. The van der Waals surface area contributed by atoms with Crippen molar-refractivity contribution in [3.05, 3.63) is 63.6 Å². The van der Waals surface area contributed by atoms with Crippen molar-refractivity contribution in [2.45, 2.75) is 6.92 Å². The molecule has 4 nitrogen and oxygen atoms in total. The number of nitrogens with zero attached hydrogens (tertiary/aromatic N) is 1. The Balaban J connectivity index is 2.71. The van der Waals surface area contributed by atoms with Gasteiger partial charge < -0.3 is 5.11 Å². The van der Waals surface area contributed by atoms with Gasteiger partial charge in [0.1, 0.15) is 11.6 Å².